The zero-order chi connectivity index (χ0) is 13.9. The average molecular weight is 275 g/mol. The maximum atomic E-state index is 12.2. The van der Waals surface area contributed by atoms with Gasteiger partial charge >= 0.3 is 0 Å². The molecule has 0 aromatic heterocycles. The minimum atomic E-state index is -3.50. The maximum absolute atomic E-state index is 12.2. The lowest BCUT2D eigenvalue weighted by Crippen LogP contribution is -2.12. The van der Waals surface area contributed by atoms with E-state index < -0.39 is 10.0 Å². The number of hydrogen-bond acceptors (Lipinski definition) is 2. The third-order valence-corrected chi connectivity index (χ3v) is 4.34. The first-order valence-corrected chi connectivity index (χ1v) is 7.68. The van der Waals surface area contributed by atoms with E-state index in [1.807, 2.05) is 38.1 Å². The molecular weight excluding hydrogens is 258 g/mol. The monoisotopic (exact) mass is 275 g/mol. The zero-order valence-electron chi connectivity index (χ0n) is 11.1. The van der Waals surface area contributed by atoms with Crippen molar-refractivity contribution in [2.45, 2.75) is 25.2 Å². The molecule has 1 N–H and O–H groups in total. The topological polar surface area (TPSA) is 46.2 Å². The highest BCUT2D eigenvalue weighted by atomic mass is 32.2. The molecule has 100 valence electrons. The molecule has 19 heavy (non-hydrogen) atoms. The Bertz CT molecular complexity index is 644. The summed E-state index contributed by atoms with van der Waals surface area (Å²) in [6.45, 7) is 4.00. The average Bonchev–Trinajstić information content (AvgIpc) is 2.41. The van der Waals surface area contributed by atoms with E-state index in [-0.39, 0.29) is 4.90 Å². The van der Waals surface area contributed by atoms with Crippen LogP contribution >= 0.6 is 0 Å². The zero-order valence-corrected chi connectivity index (χ0v) is 11.9. The molecule has 0 amide bonds. The molecule has 0 aliphatic rings. The Morgan fingerprint density at radius 3 is 2.05 bits per heavy atom. The minimum Gasteiger partial charge on any atom is -0.280 e. The van der Waals surface area contributed by atoms with Crippen LogP contribution in [0.5, 0.6) is 0 Å². The molecule has 0 unspecified atom stereocenters. The summed E-state index contributed by atoms with van der Waals surface area (Å²) in [5, 5.41) is 0. The first-order valence-electron chi connectivity index (χ1n) is 6.19. The van der Waals surface area contributed by atoms with Gasteiger partial charge in [-0.05, 0) is 43.2 Å². The van der Waals surface area contributed by atoms with Crippen LogP contribution < -0.4 is 4.72 Å². The molecule has 0 radical (unpaired) electrons. The predicted molar refractivity (Wildman–Crippen MR) is 77.8 cm³/mol. The molecule has 0 heterocycles. The number of nitrogens with one attached hydrogen (secondary N) is 1. The summed E-state index contributed by atoms with van der Waals surface area (Å²) in [7, 11) is -3.50. The van der Waals surface area contributed by atoms with Crippen molar-refractivity contribution < 1.29 is 8.42 Å². The Kier molecular flexibility index (Phi) is 3.90. The quantitative estimate of drug-likeness (QED) is 0.930. The van der Waals surface area contributed by atoms with Crippen molar-refractivity contribution in [3.8, 4) is 0 Å². The summed E-state index contributed by atoms with van der Waals surface area (Å²) in [6, 6.07) is 14.2. The van der Waals surface area contributed by atoms with Gasteiger partial charge in [-0.1, -0.05) is 36.8 Å². The van der Waals surface area contributed by atoms with Crippen molar-refractivity contribution in [1.82, 2.24) is 0 Å². The molecule has 2 aromatic carbocycles. The lowest BCUT2D eigenvalue weighted by molar-refractivity contribution is 0.601. The van der Waals surface area contributed by atoms with Gasteiger partial charge in [0, 0.05) is 5.69 Å². The van der Waals surface area contributed by atoms with E-state index in [9.17, 15) is 8.42 Å². The van der Waals surface area contributed by atoms with Crippen molar-refractivity contribution in [3.63, 3.8) is 0 Å². The molecule has 0 atom stereocenters. The largest absolute Gasteiger partial charge is 0.280 e. The molecule has 0 spiro atoms. The van der Waals surface area contributed by atoms with E-state index in [1.165, 1.54) is 0 Å². The highest BCUT2D eigenvalue weighted by Crippen LogP contribution is 2.17. The smallest absolute Gasteiger partial charge is 0.261 e. The summed E-state index contributed by atoms with van der Waals surface area (Å²) in [5.41, 5.74) is 2.79. The van der Waals surface area contributed by atoms with Crippen LogP contribution in [0.1, 0.15) is 18.1 Å². The minimum absolute atomic E-state index is 0.283. The molecule has 0 saturated heterocycles. The van der Waals surface area contributed by atoms with Crippen LogP contribution in [-0.2, 0) is 16.4 Å². The first kappa shape index (κ1) is 13.6. The molecule has 2 rings (SSSR count). The van der Waals surface area contributed by atoms with Crippen LogP contribution in [0.3, 0.4) is 0 Å². The van der Waals surface area contributed by atoms with Crippen molar-refractivity contribution in [2.24, 2.45) is 0 Å². The van der Waals surface area contributed by atoms with Crippen LogP contribution in [0.15, 0.2) is 53.4 Å². The molecular formula is C15H17NO2S. The lowest BCUT2D eigenvalue weighted by Gasteiger charge is -2.08. The predicted octanol–water partition coefficient (Wildman–Crippen LogP) is 3.36. The molecule has 0 saturated carbocycles. The van der Waals surface area contributed by atoms with E-state index in [1.54, 1.807) is 24.3 Å². The van der Waals surface area contributed by atoms with Crippen LogP contribution in [0.25, 0.3) is 0 Å². The summed E-state index contributed by atoms with van der Waals surface area (Å²) < 4.78 is 26.9. The van der Waals surface area contributed by atoms with Gasteiger partial charge in [0.1, 0.15) is 0 Å². The van der Waals surface area contributed by atoms with Gasteiger partial charge < -0.3 is 0 Å². The van der Waals surface area contributed by atoms with Gasteiger partial charge in [0.05, 0.1) is 4.90 Å². The number of benzene rings is 2. The fourth-order valence-corrected chi connectivity index (χ4v) is 2.80. The summed E-state index contributed by atoms with van der Waals surface area (Å²) in [5.74, 6) is 0. The molecule has 0 bridgehead atoms. The number of anilines is 1. The molecule has 0 aliphatic carbocycles. The molecule has 0 aliphatic heterocycles. The second kappa shape index (κ2) is 5.45. The van der Waals surface area contributed by atoms with Gasteiger partial charge in [-0.15, -0.1) is 0 Å². The SMILES string of the molecule is CCc1ccc(S(=O)(=O)Nc2ccc(C)cc2)cc1. The third kappa shape index (κ3) is 3.35. The van der Waals surface area contributed by atoms with Gasteiger partial charge in [-0.3, -0.25) is 4.72 Å². The van der Waals surface area contributed by atoms with Crippen LogP contribution in [0, 0.1) is 6.92 Å². The van der Waals surface area contributed by atoms with Crippen LogP contribution in [-0.4, -0.2) is 8.42 Å². The standard InChI is InChI=1S/C15H17NO2S/c1-3-13-6-10-15(11-7-13)19(17,18)16-14-8-4-12(2)5-9-14/h4-11,16H,3H2,1-2H3. The van der Waals surface area contributed by atoms with Crippen molar-refractivity contribution in [3.05, 3.63) is 59.7 Å². The first-order chi connectivity index (χ1) is 9.01. The molecule has 4 heteroatoms. The second-order valence-electron chi connectivity index (χ2n) is 4.47. The molecule has 2 aromatic rings. The van der Waals surface area contributed by atoms with E-state index in [2.05, 4.69) is 4.72 Å². The third-order valence-electron chi connectivity index (χ3n) is 2.95. The van der Waals surface area contributed by atoms with Gasteiger partial charge in [-0.25, -0.2) is 8.42 Å². The van der Waals surface area contributed by atoms with Gasteiger partial charge in [0.15, 0.2) is 0 Å². The summed E-state index contributed by atoms with van der Waals surface area (Å²) in [6.07, 6.45) is 0.895. The number of hydrogen-bond donors (Lipinski definition) is 1. The fraction of sp³-hybridized carbons (Fsp3) is 0.200. The van der Waals surface area contributed by atoms with E-state index >= 15 is 0 Å². The van der Waals surface area contributed by atoms with E-state index in [0.29, 0.717) is 5.69 Å². The van der Waals surface area contributed by atoms with Crippen molar-refractivity contribution in [1.29, 1.82) is 0 Å². The Morgan fingerprint density at radius 2 is 1.53 bits per heavy atom. The van der Waals surface area contributed by atoms with Gasteiger partial charge in [0.2, 0.25) is 0 Å². The Hall–Kier alpha value is -1.81. The Balaban J connectivity index is 2.24. The van der Waals surface area contributed by atoms with Crippen molar-refractivity contribution >= 4 is 15.7 Å². The summed E-state index contributed by atoms with van der Waals surface area (Å²) >= 11 is 0. The summed E-state index contributed by atoms with van der Waals surface area (Å²) in [4.78, 5) is 0.283. The van der Waals surface area contributed by atoms with E-state index in [0.717, 1.165) is 17.5 Å². The fourth-order valence-electron chi connectivity index (χ4n) is 1.74. The highest BCUT2D eigenvalue weighted by Gasteiger charge is 2.13. The highest BCUT2D eigenvalue weighted by molar-refractivity contribution is 7.92. The van der Waals surface area contributed by atoms with E-state index in [4.69, 9.17) is 0 Å². The Morgan fingerprint density at radius 1 is 0.947 bits per heavy atom. The maximum Gasteiger partial charge on any atom is 0.261 e. The van der Waals surface area contributed by atoms with Gasteiger partial charge in [-0.2, -0.15) is 0 Å². The van der Waals surface area contributed by atoms with Crippen molar-refractivity contribution in [2.75, 3.05) is 4.72 Å². The molecule has 0 fully saturated rings. The van der Waals surface area contributed by atoms with Crippen LogP contribution in [0.2, 0.25) is 0 Å². The Labute approximate surface area is 114 Å². The van der Waals surface area contributed by atoms with Crippen LogP contribution in [0.4, 0.5) is 5.69 Å². The number of sulfonamides is 1. The van der Waals surface area contributed by atoms with Gasteiger partial charge in [0.25, 0.3) is 10.0 Å². The molecule has 3 nitrogen and oxygen atoms in total. The lowest BCUT2D eigenvalue weighted by atomic mass is 10.2. The normalized spacial score (nSPS) is 11.3. The number of aryl methyl sites for hydroxylation is 2. The number of rotatable bonds is 4. The second-order valence-corrected chi connectivity index (χ2v) is 6.15.